The van der Waals surface area contributed by atoms with Gasteiger partial charge in [-0.3, -0.25) is 0 Å². The fraction of sp³-hybridized carbons (Fsp3) is 0.562. The molecule has 110 valence electrons. The van der Waals surface area contributed by atoms with Crippen LogP contribution in [-0.2, 0) is 9.53 Å². The van der Waals surface area contributed by atoms with E-state index in [1.807, 2.05) is 38.1 Å². The summed E-state index contributed by atoms with van der Waals surface area (Å²) in [6.45, 7) is 9.45. The Balaban J connectivity index is 2.24. The van der Waals surface area contributed by atoms with Gasteiger partial charge < -0.3 is 15.0 Å². The van der Waals surface area contributed by atoms with E-state index in [2.05, 4.69) is 24.1 Å². The number of fused-ring (bicyclic) bond motifs is 1. The number of carbonyl (C=O) groups is 1. The van der Waals surface area contributed by atoms with E-state index in [1.54, 1.807) is 0 Å². The van der Waals surface area contributed by atoms with Crippen LogP contribution < -0.4 is 10.2 Å². The maximum atomic E-state index is 12.1. The summed E-state index contributed by atoms with van der Waals surface area (Å²) in [4.78, 5) is 14.3. The summed E-state index contributed by atoms with van der Waals surface area (Å²) in [5.41, 5.74) is 2.06. The second-order valence-electron chi connectivity index (χ2n) is 6.00. The third-order valence-corrected chi connectivity index (χ3v) is 3.51. The third-order valence-electron chi connectivity index (χ3n) is 3.51. The molecule has 1 aliphatic rings. The number of ether oxygens (including phenoxy) is 1. The first kappa shape index (κ1) is 14.7. The lowest BCUT2D eigenvalue weighted by Gasteiger charge is -2.44. The molecule has 0 saturated heterocycles. The zero-order chi connectivity index (χ0) is 14.8. The van der Waals surface area contributed by atoms with Crippen molar-refractivity contribution in [3.63, 3.8) is 0 Å². The molecule has 1 aromatic rings. The minimum atomic E-state index is -0.274. The van der Waals surface area contributed by atoms with Crippen molar-refractivity contribution in [1.82, 2.24) is 0 Å². The minimum absolute atomic E-state index is 0.0757. The van der Waals surface area contributed by atoms with Gasteiger partial charge in [-0.15, -0.1) is 0 Å². The number of esters is 1. The molecule has 0 bridgehead atoms. The smallest absolute Gasteiger partial charge is 0.328 e. The Morgan fingerprint density at radius 3 is 2.85 bits per heavy atom. The predicted molar refractivity (Wildman–Crippen MR) is 82.2 cm³/mol. The average Bonchev–Trinajstić information content (AvgIpc) is 2.42. The summed E-state index contributed by atoms with van der Waals surface area (Å²) in [7, 11) is 0. The lowest BCUT2D eigenvalue weighted by molar-refractivity contribution is -0.144. The lowest BCUT2D eigenvalue weighted by Crippen LogP contribution is -2.53. The predicted octanol–water partition coefficient (Wildman–Crippen LogP) is 3.04. The summed E-state index contributed by atoms with van der Waals surface area (Å²) in [5.74, 6) is -0.153. The second-order valence-corrected chi connectivity index (χ2v) is 6.00. The van der Waals surface area contributed by atoms with Crippen molar-refractivity contribution in [2.24, 2.45) is 0 Å². The highest BCUT2D eigenvalue weighted by atomic mass is 16.5. The van der Waals surface area contributed by atoms with Crippen LogP contribution in [0.5, 0.6) is 0 Å². The van der Waals surface area contributed by atoms with Gasteiger partial charge in [-0.1, -0.05) is 19.1 Å². The van der Waals surface area contributed by atoms with Crippen LogP contribution in [0.1, 0.15) is 34.1 Å². The zero-order valence-electron chi connectivity index (χ0n) is 12.8. The molecule has 1 atom stereocenters. The Morgan fingerprint density at radius 1 is 1.45 bits per heavy atom. The molecule has 0 amide bonds. The molecule has 20 heavy (non-hydrogen) atoms. The number of para-hydroxylation sites is 2. The van der Waals surface area contributed by atoms with Gasteiger partial charge in [-0.2, -0.15) is 0 Å². The van der Waals surface area contributed by atoms with E-state index in [9.17, 15) is 4.79 Å². The number of rotatable bonds is 4. The van der Waals surface area contributed by atoms with E-state index in [0.29, 0.717) is 6.61 Å². The number of hydrogen-bond donors (Lipinski definition) is 1. The summed E-state index contributed by atoms with van der Waals surface area (Å²) < 4.78 is 5.29. The molecule has 0 radical (unpaired) electrons. The Bertz CT molecular complexity index is 485. The van der Waals surface area contributed by atoms with Gasteiger partial charge in [0.05, 0.1) is 18.0 Å². The first-order valence-corrected chi connectivity index (χ1v) is 7.25. The van der Waals surface area contributed by atoms with Crippen LogP contribution >= 0.6 is 0 Å². The van der Waals surface area contributed by atoms with Crippen LogP contribution in [0, 0.1) is 0 Å². The van der Waals surface area contributed by atoms with Gasteiger partial charge >= 0.3 is 5.97 Å². The molecular formula is C16H24N2O2. The molecular weight excluding hydrogens is 252 g/mol. The Morgan fingerprint density at radius 2 is 2.15 bits per heavy atom. The standard InChI is InChI=1S/C16H24N2O2/c1-5-10-20-15(19)12(2)18-11-16(3,4)17-13-8-6-7-9-14(13)18/h6-9,12,17H,5,10-11H2,1-4H3. The molecule has 0 aromatic heterocycles. The van der Waals surface area contributed by atoms with Crippen molar-refractivity contribution in [2.45, 2.75) is 45.7 Å². The summed E-state index contributed by atoms with van der Waals surface area (Å²) >= 11 is 0. The fourth-order valence-corrected chi connectivity index (χ4v) is 2.54. The van der Waals surface area contributed by atoms with Gasteiger partial charge in [0.2, 0.25) is 0 Å². The molecule has 4 nitrogen and oxygen atoms in total. The maximum absolute atomic E-state index is 12.1. The molecule has 0 fully saturated rings. The van der Waals surface area contributed by atoms with Crippen LogP contribution in [0.25, 0.3) is 0 Å². The molecule has 0 spiro atoms. The van der Waals surface area contributed by atoms with E-state index >= 15 is 0 Å². The number of benzene rings is 1. The summed E-state index contributed by atoms with van der Waals surface area (Å²) in [6, 6.07) is 7.82. The van der Waals surface area contributed by atoms with Gasteiger partial charge in [0.1, 0.15) is 6.04 Å². The Kier molecular flexibility index (Phi) is 4.21. The van der Waals surface area contributed by atoms with E-state index in [4.69, 9.17) is 4.74 Å². The van der Waals surface area contributed by atoms with Crippen molar-refractivity contribution in [3.8, 4) is 0 Å². The van der Waals surface area contributed by atoms with Crippen LogP contribution in [0.3, 0.4) is 0 Å². The monoisotopic (exact) mass is 276 g/mol. The van der Waals surface area contributed by atoms with E-state index in [0.717, 1.165) is 24.3 Å². The SMILES string of the molecule is CCCOC(=O)C(C)N1CC(C)(C)Nc2ccccc21. The minimum Gasteiger partial charge on any atom is -0.464 e. The third kappa shape index (κ3) is 3.06. The molecule has 2 rings (SSSR count). The van der Waals surface area contributed by atoms with Gasteiger partial charge in [0.15, 0.2) is 0 Å². The molecule has 1 aliphatic heterocycles. The quantitative estimate of drug-likeness (QED) is 0.858. The van der Waals surface area contributed by atoms with Crippen molar-refractivity contribution < 1.29 is 9.53 Å². The number of nitrogens with one attached hydrogen (secondary N) is 1. The zero-order valence-corrected chi connectivity index (χ0v) is 12.8. The van der Waals surface area contributed by atoms with E-state index < -0.39 is 0 Å². The van der Waals surface area contributed by atoms with Gasteiger partial charge in [0, 0.05) is 12.1 Å². The topological polar surface area (TPSA) is 41.6 Å². The molecule has 1 heterocycles. The first-order chi connectivity index (χ1) is 9.44. The van der Waals surface area contributed by atoms with Crippen molar-refractivity contribution >= 4 is 17.3 Å². The van der Waals surface area contributed by atoms with Crippen molar-refractivity contribution in [1.29, 1.82) is 0 Å². The van der Waals surface area contributed by atoms with Gasteiger partial charge in [-0.05, 0) is 39.3 Å². The Labute approximate surface area is 121 Å². The number of nitrogens with zero attached hydrogens (tertiary/aromatic N) is 1. The van der Waals surface area contributed by atoms with E-state index in [1.165, 1.54) is 0 Å². The van der Waals surface area contributed by atoms with Crippen LogP contribution in [0.4, 0.5) is 11.4 Å². The van der Waals surface area contributed by atoms with Crippen molar-refractivity contribution in [2.75, 3.05) is 23.4 Å². The molecule has 4 heteroatoms. The molecule has 1 N–H and O–H groups in total. The highest BCUT2D eigenvalue weighted by molar-refractivity contribution is 5.84. The summed E-state index contributed by atoms with van der Waals surface area (Å²) in [5, 5.41) is 3.51. The number of anilines is 2. The van der Waals surface area contributed by atoms with E-state index in [-0.39, 0.29) is 17.6 Å². The normalized spacial score (nSPS) is 17.9. The Hall–Kier alpha value is -1.71. The lowest BCUT2D eigenvalue weighted by atomic mass is 9.98. The second kappa shape index (κ2) is 5.73. The highest BCUT2D eigenvalue weighted by Crippen LogP contribution is 2.35. The van der Waals surface area contributed by atoms with Crippen LogP contribution in [0.15, 0.2) is 24.3 Å². The maximum Gasteiger partial charge on any atom is 0.328 e. The summed E-state index contributed by atoms with van der Waals surface area (Å²) in [6.07, 6.45) is 0.849. The number of hydrogen-bond acceptors (Lipinski definition) is 4. The molecule has 1 aromatic carbocycles. The van der Waals surface area contributed by atoms with Crippen LogP contribution in [-0.4, -0.2) is 30.7 Å². The molecule has 1 unspecified atom stereocenters. The number of carbonyl (C=O) groups excluding carboxylic acids is 1. The van der Waals surface area contributed by atoms with Gasteiger partial charge in [-0.25, -0.2) is 4.79 Å². The first-order valence-electron chi connectivity index (χ1n) is 7.25. The van der Waals surface area contributed by atoms with Crippen LogP contribution in [0.2, 0.25) is 0 Å². The highest BCUT2D eigenvalue weighted by Gasteiger charge is 2.34. The molecule has 0 aliphatic carbocycles. The van der Waals surface area contributed by atoms with Crippen molar-refractivity contribution in [3.05, 3.63) is 24.3 Å². The van der Waals surface area contributed by atoms with Gasteiger partial charge in [0.25, 0.3) is 0 Å². The average molecular weight is 276 g/mol. The molecule has 0 saturated carbocycles. The fourth-order valence-electron chi connectivity index (χ4n) is 2.54. The largest absolute Gasteiger partial charge is 0.464 e.